The van der Waals surface area contributed by atoms with Gasteiger partial charge in [-0.2, -0.15) is 0 Å². The van der Waals surface area contributed by atoms with E-state index in [1.165, 1.54) is 0 Å². The highest BCUT2D eigenvalue weighted by Gasteiger charge is 2.14. The van der Waals surface area contributed by atoms with E-state index in [2.05, 4.69) is 34.1 Å². The van der Waals surface area contributed by atoms with Gasteiger partial charge < -0.3 is 33.2 Å². The van der Waals surface area contributed by atoms with Gasteiger partial charge in [0.25, 0.3) is 0 Å². The van der Waals surface area contributed by atoms with Gasteiger partial charge in [-0.25, -0.2) is 0 Å². The smallest absolute Gasteiger partial charge is 0.195 e. The minimum Gasteiger partial charge on any atom is -1.00 e. The van der Waals surface area contributed by atoms with Crippen LogP contribution in [-0.4, -0.2) is 38.3 Å². The summed E-state index contributed by atoms with van der Waals surface area (Å²) in [5.41, 5.74) is 1.16. The van der Waals surface area contributed by atoms with Crippen molar-refractivity contribution in [1.29, 1.82) is 0 Å². The van der Waals surface area contributed by atoms with Crippen molar-refractivity contribution in [2.75, 3.05) is 27.7 Å². The topological polar surface area (TPSA) is 26.3 Å². The van der Waals surface area contributed by atoms with Crippen molar-refractivity contribution >= 4 is 31.5 Å². The van der Waals surface area contributed by atoms with Gasteiger partial charge >= 0.3 is 0 Å². The Balaban J connectivity index is 0.00000225. The van der Waals surface area contributed by atoms with Crippen molar-refractivity contribution in [3.63, 3.8) is 0 Å². The van der Waals surface area contributed by atoms with Gasteiger partial charge in [0.15, 0.2) is 5.43 Å². The minimum absolute atomic E-state index is 0. The summed E-state index contributed by atoms with van der Waals surface area (Å²) in [6.45, 7) is 3.58. The normalized spacial score (nSPS) is 13.0. The molecule has 134 valence electrons. The summed E-state index contributed by atoms with van der Waals surface area (Å²) in [5.74, 6) is 0. The Bertz CT molecular complexity index is 930. The van der Waals surface area contributed by atoms with E-state index in [1.807, 2.05) is 36.4 Å². The molecule has 0 fully saturated rings. The van der Waals surface area contributed by atoms with E-state index < -0.39 is 0 Å². The number of nitrogens with zero attached hydrogens (tertiary/aromatic N) is 1. The molecule has 0 aliphatic carbocycles. The van der Waals surface area contributed by atoms with Gasteiger partial charge in [-0.15, -0.1) is 11.3 Å². The lowest BCUT2D eigenvalue weighted by atomic mass is 10.1. The van der Waals surface area contributed by atoms with Gasteiger partial charge in [-0.05, 0) is 36.8 Å². The summed E-state index contributed by atoms with van der Waals surface area (Å²) in [6, 6.07) is 13.9. The zero-order valence-electron chi connectivity index (χ0n) is 15.1. The lowest BCUT2D eigenvalue weighted by Gasteiger charge is -2.27. The third kappa shape index (κ3) is 5.00. The first kappa shape index (κ1) is 20.3. The summed E-state index contributed by atoms with van der Waals surface area (Å²) in [7, 11) is 6.48. The highest BCUT2D eigenvalue weighted by atomic mass is 127. The largest absolute Gasteiger partial charge is 1.00 e. The zero-order valence-corrected chi connectivity index (χ0v) is 18.1. The van der Waals surface area contributed by atoms with Crippen LogP contribution in [0.4, 0.5) is 0 Å². The van der Waals surface area contributed by atoms with Gasteiger partial charge in [0.05, 0.1) is 27.7 Å². The quantitative estimate of drug-likeness (QED) is 0.317. The Kier molecular flexibility index (Phi) is 6.59. The van der Waals surface area contributed by atoms with Crippen LogP contribution in [0.3, 0.4) is 0 Å². The Morgan fingerprint density at radius 1 is 1.04 bits per heavy atom. The average Bonchev–Trinajstić information content (AvgIpc) is 2.52. The highest BCUT2D eigenvalue weighted by Crippen LogP contribution is 2.25. The molecule has 1 aromatic heterocycles. The SMILES string of the molecule is CC(C[N+](C)(C)C)OCc1ccc2sc3ccccc3c(=O)c2c1.[I-]. The van der Waals surface area contributed by atoms with E-state index in [4.69, 9.17) is 4.74 Å². The molecular weight excluding hydrogens is 445 g/mol. The summed E-state index contributed by atoms with van der Waals surface area (Å²) in [4.78, 5) is 12.7. The molecule has 0 saturated heterocycles. The van der Waals surface area contributed by atoms with Crippen LogP contribution in [-0.2, 0) is 11.3 Å². The minimum atomic E-state index is 0. The molecule has 0 aliphatic heterocycles. The number of benzene rings is 2. The highest BCUT2D eigenvalue weighted by molar-refractivity contribution is 7.24. The molecule has 0 spiro atoms. The van der Waals surface area contributed by atoms with Crippen LogP contribution in [0, 0.1) is 0 Å². The molecular formula is C20H24INO2S. The number of halogens is 1. The predicted octanol–water partition coefficient (Wildman–Crippen LogP) is 1.03. The van der Waals surface area contributed by atoms with Crippen molar-refractivity contribution in [2.45, 2.75) is 19.6 Å². The fourth-order valence-corrected chi connectivity index (χ4v) is 4.05. The molecule has 0 bridgehead atoms. The van der Waals surface area contributed by atoms with E-state index in [0.717, 1.165) is 36.8 Å². The predicted molar refractivity (Wildman–Crippen MR) is 103 cm³/mol. The molecule has 3 nitrogen and oxygen atoms in total. The van der Waals surface area contributed by atoms with Crippen molar-refractivity contribution < 1.29 is 33.2 Å². The third-order valence-electron chi connectivity index (χ3n) is 3.98. The van der Waals surface area contributed by atoms with Crippen LogP contribution in [0.25, 0.3) is 20.2 Å². The third-order valence-corrected chi connectivity index (χ3v) is 5.13. The zero-order chi connectivity index (χ0) is 17.3. The van der Waals surface area contributed by atoms with Crippen molar-refractivity contribution in [2.24, 2.45) is 0 Å². The van der Waals surface area contributed by atoms with Crippen LogP contribution in [0.15, 0.2) is 47.3 Å². The number of rotatable bonds is 5. The molecule has 0 N–H and O–H groups in total. The average molecular weight is 469 g/mol. The molecule has 25 heavy (non-hydrogen) atoms. The second-order valence-electron chi connectivity index (χ2n) is 7.35. The second kappa shape index (κ2) is 8.12. The van der Waals surface area contributed by atoms with Crippen molar-refractivity contribution in [3.05, 3.63) is 58.3 Å². The summed E-state index contributed by atoms with van der Waals surface area (Å²) in [5, 5.41) is 1.59. The van der Waals surface area contributed by atoms with Gasteiger partial charge in [-0.3, -0.25) is 4.79 Å². The van der Waals surface area contributed by atoms with Gasteiger partial charge in [-0.1, -0.05) is 18.2 Å². The maximum absolute atomic E-state index is 12.7. The summed E-state index contributed by atoms with van der Waals surface area (Å²) < 4.78 is 8.91. The second-order valence-corrected chi connectivity index (χ2v) is 8.44. The first-order valence-electron chi connectivity index (χ1n) is 8.20. The van der Waals surface area contributed by atoms with Crippen LogP contribution >= 0.6 is 11.3 Å². The molecule has 0 aliphatic rings. The first-order valence-corrected chi connectivity index (χ1v) is 9.02. The molecule has 0 saturated carbocycles. The van der Waals surface area contributed by atoms with Crippen molar-refractivity contribution in [1.82, 2.24) is 0 Å². The van der Waals surface area contributed by atoms with Crippen LogP contribution in [0.1, 0.15) is 12.5 Å². The van der Waals surface area contributed by atoms with E-state index in [-0.39, 0.29) is 35.5 Å². The molecule has 0 radical (unpaired) electrons. The number of hydrogen-bond acceptors (Lipinski definition) is 3. The summed E-state index contributed by atoms with van der Waals surface area (Å²) >= 11 is 1.66. The van der Waals surface area contributed by atoms with Gasteiger partial charge in [0, 0.05) is 20.2 Å². The molecule has 3 aromatic rings. The number of quaternary nitrogens is 1. The van der Waals surface area contributed by atoms with Crippen LogP contribution in [0.5, 0.6) is 0 Å². The van der Waals surface area contributed by atoms with Crippen LogP contribution in [0.2, 0.25) is 0 Å². The molecule has 1 unspecified atom stereocenters. The van der Waals surface area contributed by atoms with E-state index in [0.29, 0.717) is 6.61 Å². The Labute approximate surface area is 169 Å². The molecule has 1 atom stereocenters. The standard InChI is InChI=1S/C20H24NO2S.HI/c1-14(12-21(2,3)4)23-13-15-9-10-19-17(11-15)20(22)16-7-5-6-8-18(16)24-19;/h5-11,14H,12-13H2,1-4H3;1H/q+1;/p-1. The number of ether oxygens (including phenoxy) is 1. The number of fused-ring (bicyclic) bond motifs is 2. The van der Waals surface area contributed by atoms with E-state index in [1.54, 1.807) is 11.3 Å². The lowest BCUT2D eigenvalue weighted by Crippen LogP contribution is -3.00. The molecule has 5 heteroatoms. The number of likely N-dealkylation sites (N-methyl/N-ethyl adjacent to an activating group) is 1. The van der Waals surface area contributed by atoms with Gasteiger partial charge in [0.2, 0.25) is 0 Å². The Hall–Kier alpha value is -1.02. The first-order chi connectivity index (χ1) is 11.3. The fourth-order valence-electron chi connectivity index (χ4n) is 3.00. The van der Waals surface area contributed by atoms with E-state index >= 15 is 0 Å². The van der Waals surface area contributed by atoms with Gasteiger partial charge in [0.1, 0.15) is 12.6 Å². The maximum Gasteiger partial charge on any atom is 0.195 e. The summed E-state index contributed by atoms with van der Waals surface area (Å²) in [6.07, 6.45) is 0.173. The molecule has 0 amide bonds. The van der Waals surface area contributed by atoms with Crippen LogP contribution < -0.4 is 29.4 Å². The van der Waals surface area contributed by atoms with Crippen molar-refractivity contribution in [3.8, 4) is 0 Å². The fraction of sp³-hybridized carbons (Fsp3) is 0.350. The monoisotopic (exact) mass is 469 g/mol. The van der Waals surface area contributed by atoms with E-state index in [9.17, 15) is 4.79 Å². The molecule has 3 rings (SSSR count). The Morgan fingerprint density at radius 3 is 2.44 bits per heavy atom. The molecule has 1 heterocycles. The molecule has 2 aromatic carbocycles. The number of hydrogen-bond donors (Lipinski definition) is 0. The lowest BCUT2D eigenvalue weighted by molar-refractivity contribution is -0.873. The Morgan fingerprint density at radius 2 is 1.72 bits per heavy atom. The maximum atomic E-state index is 12.7.